The fourth-order valence-electron chi connectivity index (χ4n) is 2.23. The van der Waals surface area contributed by atoms with Crippen molar-refractivity contribution in [3.63, 3.8) is 0 Å². The molecule has 0 unspecified atom stereocenters. The van der Waals surface area contributed by atoms with Crippen molar-refractivity contribution in [2.75, 3.05) is 6.54 Å². The lowest BCUT2D eigenvalue weighted by molar-refractivity contribution is 0.625. The van der Waals surface area contributed by atoms with E-state index in [-0.39, 0.29) is 5.82 Å². The average molecular weight is 295 g/mol. The minimum atomic E-state index is -0.233. The van der Waals surface area contributed by atoms with Gasteiger partial charge in [-0.05, 0) is 42.2 Å². The SMILES string of the molecule is Cc1ccccc1CC(=NC#N)NCCc1cccc(F)c1. The molecule has 0 spiro atoms. The number of rotatable bonds is 5. The molecular formula is C18H18FN3. The molecule has 0 aliphatic carbocycles. The Kier molecular flexibility index (Phi) is 5.67. The molecule has 0 aliphatic rings. The van der Waals surface area contributed by atoms with Crippen LogP contribution in [0.2, 0.25) is 0 Å². The first-order valence-corrected chi connectivity index (χ1v) is 7.17. The minimum Gasteiger partial charge on any atom is -0.372 e. The molecule has 4 heteroatoms. The predicted molar refractivity (Wildman–Crippen MR) is 86.0 cm³/mol. The summed E-state index contributed by atoms with van der Waals surface area (Å²) in [4.78, 5) is 3.85. The molecule has 112 valence electrons. The van der Waals surface area contributed by atoms with Gasteiger partial charge in [0.15, 0.2) is 0 Å². The zero-order chi connectivity index (χ0) is 15.8. The largest absolute Gasteiger partial charge is 0.372 e. The molecule has 0 heterocycles. The Hall–Kier alpha value is -2.67. The molecule has 0 fully saturated rings. The molecule has 3 nitrogen and oxygen atoms in total. The molecular weight excluding hydrogens is 277 g/mol. The highest BCUT2D eigenvalue weighted by atomic mass is 19.1. The number of aliphatic imine (C=N–C) groups is 1. The van der Waals surface area contributed by atoms with E-state index in [9.17, 15) is 4.39 Å². The summed E-state index contributed by atoms with van der Waals surface area (Å²) in [6.45, 7) is 2.64. The summed E-state index contributed by atoms with van der Waals surface area (Å²) in [5.41, 5.74) is 3.22. The highest BCUT2D eigenvalue weighted by molar-refractivity contribution is 5.85. The number of aryl methyl sites for hydroxylation is 1. The van der Waals surface area contributed by atoms with E-state index >= 15 is 0 Å². The zero-order valence-corrected chi connectivity index (χ0v) is 12.5. The topological polar surface area (TPSA) is 48.2 Å². The lowest BCUT2D eigenvalue weighted by Gasteiger charge is -2.10. The van der Waals surface area contributed by atoms with Crippen LogP contribution >= 0.6 is 0 Å². The van der Waals surface area contributed by atoms with Crippen LogP contribution in [0.15, 0.2) is 53.5 Å². The first-order valence-electron chi connectivity index (χ1n) is 7.17. The Labute approximate surface area is 130 Å². The van der Waals surface area contributed by atoms with E-state index in [1.165, 1.54) is 17.7 Å². The average Bonchev–Trinajstić information content (AvgIpc) is 2.50. The van der Waals surface area contributed by atoms with Gasteiger partial charge < -0.3 is 5.32 Å². The predicted octanol–water partition coefficient (Wildman–Crippen LogP) is 3.39. The lowest BCUT2D eigenvalue weighted by atomic mass is 10.1. The monoisotopic (exact) mass is 295 g/mol. The van der Waals surface area contributed by atoms with Crippen molar-refractivity contribution >= 4 is 5.84 Å². The van der Waals surface area contributed by atoms with E-state index in [1.54, 1.807) is 6.07 Å². The van der Waals surface area contributed by atoms with Gasteiger partial charge in [0.05, 0.1) is 0 Å². The Morgan fingerprint density at radius 3 is 2.77 bits per heavy atom. The Morgan fingerprint density at radius 2 is 2.05 bits per heavy atom. The summed E-state index contributed by atoms with van der Waals surface area (Å²) in [7, 11) is 0. The molecule has 0 bridgehead atoms. The summed E-state index contributed by atoms with van der Waals surface area (Å²) in [5.74, 6) is 0.400. The normalized spacial score (nSPS) is 11.0. The van der Waals surface area contributed by atoms with Crippen LogP contribution in [0.5, 0.6) is 0 Å². The van der Waals surface area contributed by atoms with Crippen LogP contribution < -0.4 is 5.32 Å². The standard InChI is InChI=1S/C18H18FN3/c1-14-5-2-3-7-16(14)12-18(22-13-20)21-10-9-15-6-4-8-17(19)11-15/h2-8,11H,9-10,12H2,1H3,(H,21,22). The summed E-state index contributed by atoms with van der Waals surface area (Å²) in [5, 5.41) is 12.0. The van der Waals surface area contributed by atoms with E-state index in [2.05, 4.69) is 10.3 Å². The summed E-state index contributed by atoms with van der Waals surface area (Å²) in [6, 6.07) is 14.5. The molecule has 0 amide bonds. The third-order valence-corrected chi connectivity index (χ3v) is 3.44. The number of hydrogen-bond donors (Lipinski definition) is 1. The second-order valence-corrected chi connectivity index (χ2v) is 5.07. The van der Waals surface area contributed by atoms with Gasteiger partial charge in [0.1, 0.15) is 11.7 Å². The first kappa shape index (κ1) is 15.7. The van der Waals surface area contributed by atoms with E-state index < -0.39 is 0 Å². The van der Waals surface area contributed by atoms with Gasteiger partial charge >= 0.3 is 0 Å². The highest BCUT2D eigenvalue weighted by Gasteiger charge is 2.04. The molecule has 22 heavy (non-hydrogen) atoms. The van der Waals surface area contributed by atoms with E-state index in [4.69, 9.17) is 5.26 Å². The van der Waals surface area contributed by atoms with Crippen LogP contribution in [-0.2, 0) is 12.8 Å². The quantitative estimate of drug-likeness (QED) is 0.522. The molecule has 2 aromatic carbocycles. The van der Waals surface area contributed by atoms with Crippen LogP contribution in [0.3, 0.4) is 0 Å². The smallest absolute Gasteiger partial charge is 0.207 e. The zero-order valence-electron chi connectivity index (χ0n) is 12.5. The van der Waals surface area contributed by atoms with Gasteiger partial charge in [-0.2, -0.15) is 10.3 Å². The number of nitrogens with zero attached hydrogens (tertiary/aromatic N) is 2. The van der Waals surface area contributed by atoms with Crippen molar-refractivity contribution in [3.05, 3.63) is 71.0 Å². The number of halogens is 1. The van der Waals surface area contributed by atoms with Gasteiger partial charge in [-0.15, -0.1) is 0 Å². The van der Waals surface area contributed by atoms with Crippen LogP contribution in [0.25, 0.3) is 0 Å². The van der Waals surface area contributed by atoms with E-state index in [1.807, 2.05) is 43.4 Å². The van der Waals surface area contributed by atoms with Gasteiger partial charge in [-0.25, -0.2) is 4.39 Å². The van der Waals surface area contributed by atoms with Crippen LogP contribution in [-0.4, -0.2) is 12.4 Å². The Balaban J connectivity index is 1.94. The Bertz CT molecular complexity index is 701. The molecule has 0 saturated carbocycles. The molecule has 0 aliphatic heterocycles. The maximum Gasteiger partial charge on any atom is 0.207 e. The highest BCUT2D eigenvalue weighted by Crippen LogP contribution is 2.08. The fourth-order valence-corrected chi connectivity index (χ4v) is 2.23. The third kappa shape index (κ3) is 4.71. The molecule has 0 aromatic heterocycles. The van der Waals surface area contributed by atoms with Crippen LogP contribution in [0, 0.1) is 24.2 Å². The number of nitriles is 1. The first-order chi connectivity index (χ1) is 10.7. The van der Waals surface area contributed by atoms with Crippen LogP contribution in [0.1, 0.15) is 16.7 Å². The Morgan fingerprint density at radius 1 is 1.23 bits per heavy atom. The fraction of sp³-hybridized carbons (Fsp3) is 0.222. The number of benzene rings is 2. The van der Waals surface area contributed by atoms with E-state index in [0.29, 0.717) is 25.2 Å². The molecule has 2 aromatic rings. The maximum atomic E-state index is 13.1. The van der Waals surface area contributed by atoms with Gasteiger partial charge in [-0.1, -0.05) is 36.4 Å². The van der Waals surface area contributed by atoms with Crippen LogP contribution in [0.4, 0.5) is 4.39 Å². The number of nitrogens with one attached hydrogen (secondary N) is 1. The second-order valence-electron chi connectivity index (χ2n) is 5.07. The van der Waals surface area contributed by atoms with Crippen molar-refractivity contribution in [2.24, 2.45) is 4.99 Å². The number of hydrogen-bond acceptors (Lipinski definition) is 2. The number of amidine groups is 1. The van der Waals surface area contributed by atoms with Gasteiger partial charge in [0, 0.05) is 13.0 Å². The summed E-state index contributed by atoms with van der Waals surface area (Å²) in [6.07, 6.45) is 3.09. The molecule has 0 atom stereocenters. The van der Waals surface area contributed by atoms with Crippen molar-refractivity contribution in [3.8, 4) is 6.19 Å². The van der Waals surface area contributed by atoms with Gasteiger partial charge in [0.2, 0.25) is 6.19 Å². The van der Waals surface area contributed by atoms with E-state index in [0.717, 1.165) is 11.1 Å². The third-order valence-electron chi connectivity index (χ3n) is 3.44. The van der Waals surface area contributed by atoms with Crippen molar-refractivity contribution in [1.82, 2.24) is 5.32 Å². The van der Waals surface area contributed by atoms with Crippen molar-refractivity contribution in [2.45, 2.75) is 19.8 Å². The second kappa shape index (κ2) is 7.94. The molecule has 0 saturated heterocycles. The minimum absolute atomic E-state index is 0.233. The lowest BCUT2D eigenvalue weighted by Crippen LogP contribution is -2.27. The van der Waals surface area contributed by atoms with Gasteiger partial charge in [-0.3, -0.25) is 0 Å². The molecule has 2 rings (SSSR count). The maximum absolute atomic E-state index is 13.1. The van der Waals surface area contributed by atoms with Crippen molar-refractivity contribution < 1.29 is 4.39 Å². The van der Waals surface area contributed by atoms with Gasteiger partial charge in [0.25, 0.3) is 0 Å². The van der Waals surface area contributed by atoms with Crippen molar-refractivity contribution in [1.29, 1.82) is 5.26 Å². The molecule has 1 N–H and O–H groups in total. The molecule has 0 radical (unpaired) electrons. The summed E-state index contributed by atoms with van der Waals surface area (Å²) >= 11 is 0. The summed E-state index contributed by atoms with van der Waals surface area (Å²) < 4.78 is 13.1.